The Hall–Kier alpha value is -2.98. The number of nitrogens with zero attached hydrogens (tertiary/aromatic N) is 3. The first kappa shape index (κ1) is 17.1. The van der Waals surface area contributed by atoms with Crippen molar-refractivity contribution in [2.24, 2.45) is 0 Å². The third-order valence-electron chi connectivity index (χ3n) is 5.25. The molecule has 5 aromatic rings. The van der Waals surface area contributed by atoms with Gasteiger partial charge in [0.05, 0.1) is 16.7 Å². The maximum absolute atomic E-state index is 5.05. The number of para-hydroxylation sites is 1. The molecule has 0 aliphatic rings. The van der Waals surface area contributed by atoms with E-state index in [4.69, 9.17) is 10.1 Å². The van der Waals surface area contributed by atoms with Crippen molar-refractivity contribution in [3.8, 4) is 16.9 Å². The second kappa shape index (κ2) is 6.57. The standard InChI is InChI=1S/C24H18BrN3/c1-15-10-11-19(12-16(15)2)28-24-20-8-3-4-9-22(20)26-14-21(24)23(27-28)17-6-5-7-18(25)13-17/h3-14H,1-2H3. The Kier molecular flexibility index (Phi) is 4.02. The van der Waals surface area contributed by atoms with Crippen LogP contribution in [0, 0.1) is 13.8 Å². The number of pyridine rings is 1. The number of aromatic nitrogens is 3. The van der Waals surface area contributed by atoms with Crippen LogP contribution in [-0.4, -0.2) is 14.8 Å². The minimum Gasteiger partial charge on any atom is -0.255 e. The number of rotatable bonds is 2. The summed E-state index contributed by atoms with van der Waals surface area (Å²) in [5, 5.41) is 7.20. The van der Waals surface area contributed by atoms with Gasteiger partial charge in [-0.05, 0) is 55.3 Å². The van der Waals surface area contributed by atoms with Crippen molar-refractivity contribution in [3.05, 3.63) is 88.5 Å². The normalized spacial score (nSPS) is 11.4. The Morgan fingerprint density at radius 3 is 2.50 bits per heavy atom. The topological polar surface area (TPSA) is 30.7 Å². The highest BCUT2D eigenvalue weighted by atomic mass is 79.9. The SMILES string of the molecule is Cc1ccc(-n2nc(-c3cccc(Br)c3)c3cnc4ccccc4c32)cc1C. The summed E-state index contributed by atoms with van der Waals surface area (Å²) in [5.41, 5.74) is 7.66. The predicted octanol–water partition coefficient (Wildman–Crippen LogP) is 6.62. The number of fused-ring (bicyclic) bond motifs is 3. The molecule has 0 unspecified atom stereocenters. The smallest absolute Gasteiger partial charge is 0.102 e. The van der Waals surface area contributed by atoms with Crippen molar-refractivity contribution in [2.75, 3.05) is 0 Å². The largest absolute Gasteiger partial charge is 0.255 e. The summed E-state index contributed by atoms with van der Waals surface area (Å²) < 4.78 is 3.09. The lowest BCUT2D eigenvalue weighted by Crippen LogP contribution is -1.98. The third kappa shape index (κ3) is 2.72. The Bertz CT molecular complexity index is 1350. The van der Waals surface area contributed by atoms with Crippen LogP contribution in [0.3, 0.4) is 0 Å². The molecule has 3 nitrogen and oxygen atoms in total. The van der Waals surface area contributed by atoms with Crippen LogP contribution in [0.1, 0.15) is 11.1 Å². The van der Waals surface area contributed by atoms with E-state index >= 15 is 0 Å². The zero-order chi connectivity index (χ0) is 19.3. The van der Waals surface area contributed by atoms with Gasteiger partial charge in [0.15, 0.2) is 0 Å². The number of halogens is 1. The molecule has 0 atom stereocenters. The molecule has 3 aromatic carbocycles. The summed E-state index contributed by atoms with van der Waals surface area (Å²) in [6, 6.07) is 23.0. The van der Waals surface area contributed by atoms with E-state index in [1.807, 2.05) is 30.5 Å². The molecular weight excluding hydrogens is 410 g/mol. The lowest BCUT2D eigenvalue weighted by Gasteiger charge is -2.08. The fourth-order valence-electron chi connectivity index (χ4n) is 3.63. The molecule has 0 N–H and O–H groups in total. The van der Waals surface area contributed by atoms with Crippen molar-refractivity contribution in [2.45, 2.75) is 13.8 Å². The van der Waals surface area contributed by atoms with Crippen LogP contribution in [0.5, 0.6) is 0 Å². The molecule has 0 aliphatic heterocycles. The monoisotopic (exact) mass is 427 g/mol. The lowest BCUT2D eigenvalue weighted by molar-refractivity contribution is 0.915. The zero-order valence-electron chi connectivity index (χ0n) is 15.6. The average molecular weight is 428 g/mol. The minimum absolute atomic E-state index is 0.938. The maximum atomic E-state index is 5.05. The van der Waals surface area contributed by atoms with Crippen LogP contribution in [0.25, 0.3) is 38.8 Å². The Balaban J connectivity index is 1.90. The second-order valence-electron chi connectivity index (χ2n) is 7.08. The molecular formula is C24H18BrN3. The van der Waals surface area contributed by atoms with Crippen molar-refractivity contribution in [3.63, 3.8) is 0 Å². The van der Waals surface area contributed by atoms with Gasteiger partial charge in [0.2, 0.25) is 0 Å². The molecule has 2 heterocycles. The van der Waals surface area contributed by atoms with E-state index in [1.54, 1.807) is 0 Å². The van der Waals surface area contributed by atoms with E-state index < -0.39 is 0 Å². The number of aryl methyl sites for hydroxylation is 2. The molecule has 5 rings (SSSR count). The number of benzene rings is 3. The van der Waals surface area contributed by atoms with Crippen LogP contribution in [0.4, 0.5) is 0 Å². The maximum Gasteiger partial charge on any atom is 0.102 e. The van der Waals surface area contributed by atoms with Crippen molar-refractivity contribution in [1.82, 2.24) is 14.8 Å². The van der Waals surface area contributed by atoms with E-state index in [-0.39, 0.29) is 0 Å². The molecule has 0 saturated carbocycles. The van der Waals surface area contributed by atoms with Gasteiger partial charge in [0, 0.05) is 27.0 Å². The Morgan fingerprint density at radius 2 is 1.68 bits per heavy atom. The number of hydrogen-bond donors (Lipinski definition) is 0. The molecule has 28 heavy (non-hydrogen) atoms. The van der Waals surface area contributed by atoms with Gasteiger partial charge in [0.25, 0.3) is 0 Å². The van der Waals surface area contributed by atoms with E-state index in [1.165, 1.54) is 11.1 Å². The fraction of sp³-hybridized carbons (Fsp3) is 0.0833. The minimum atomic E-state index is 0.938. The van der Waals surface area contributed by atoms with Gasteiger partial charge in [-0.1, -0.05) is 52.3 Å². The molecule has 0 bridgehead atoms. The molecule has 136 valence electrons. The third-order valence-corrected chi connectivity index (χ3v) is 5.74. The molecule has 0 radical (unpaired) electrons. The van der Waals surface area contributed by atoms with Gasteiger partial charge in [-0.2, -0.15) is 5.10 Å². The van der Waals surface area contributed by atoms with E-state index in [2.05, 4.69) is 76.9 Å². The summed E-state index contributed by atoms with van der Waals surface area (Å²) in [5.74, 6) is 0. The summed E-state index contributed by atoms with van der Waals surface area (Å²) in [4.78, 5) is 4.69. The highest BCUT2D eigenvalue weighted by Gasteiger charge is 2.17. The molecule has 0 fully saturated rings. The fourth-order valence-corrected chi connectivity index (χ4v) is 4.02. The quantitative estimate of drug-likeness (QED) is 0.316. The molecule has 0 amide bonds. The second-order valence-corrected chi connectivity index (χ2v) is 7.99. The Labute approximate surface area is 171 Å². The predicted molar refractivity (Wildman–Crippen MR) is 119 cm³/mol. The first-order valence-electron chi connectivity index (χ1n) is 9.22. The first-order chi connectivity index (χ1) is 13.6. The van der Waals surface area contributed by atoms with E-state index in [0.717, 1.165) is 43.2 Å². The van der Waals surface area contributed by atoms with Crippen LogP contribution in [-0.2, 0) is 0 Å². The van der Waals surface area contributed by atoms with Crippen LogP contribution >= 0.6 is 15.9 Å². The van der Waals surface area contributed by atoms with Crippen molar-refractivity contribution in [1.29, 1.82) is 0 Å². The molecule has 2 aromatic heterocycles. The van der Waals surface area contributed by atoms with Crippen molar-refractivity contribution < 1.29 is 0 Å². The molecule has 0 aliphatic carbocycles. The van der Waals surface area contributed by atoms with Crippen LogP contribution in [0.2, 0.25) is 0 Å². The Morgan fingerprint density at radius 1 is 0.821 bits per heavy atom. The molecule has 0 spiro atoms. The zero-order valence-corrected chi connectivity index (χ0v) is 17.2. The van der Waals surface area contributed by atoms with Crippen molar-refractivity contribution >= 4 is 37.7 Å². The summed E-state index contributed by atoms with van der Waals surface area (Å²) in [7, 11) is 0. The van der Waals surface area contributed by atoms with E-state index in [9.17, 15) is 0 Å². The molecule has 0 saturated heterocycles. The number of hydrogen-bond acceptors (Lipinski definition) is 2. The van der Waals surface area contributed by atoms with E-state index in [0.29, 0.717) is 0 Å². The summed E-state index contributed by atoms with van der Waals surface area (Å²) in [6.07, 6.45) is 1.94. The first-order valence-corrected chi connectivity index (χ1v) is 10.0. The highest BCUT2D eigenvalue weighted by molar-refractivity contribution is 9.10. The van der Waals surface area contributed by atoms with Crippen LogP contribution in [0.15, 0.2) is 77.4 Å². The van der Waals surface area contributed by atoms with Crippen LogP contribution < -0.4 is 0 Å². The average Bonchev–Trinajstić information content (AvgIpc) is 3.10. The summed E-state index contributed by atoms with van der Waals surface area (Å²) in [6.45, 7) is 4.27. The van der Waals surface area contributed by atoms with Gasteiger partial charge in [-0.15, -0.1) is 0 Å². The molecule has 4 heteroatoms. The van der Waals surface area contributed by atoms with Gasteiger partial charge in [0.1, 0.15) is 5.69 Å². The van der Waals surface area contributed by atoms with Gasteiger partial charge >= 0.3 is 0 Å². The lowest BCUT2D eigenvalue weighted by atomic mass is 10.1. The van der Waals surface area contributed by atoms with Gasteiger partial charge in [-0.3, -0.25) is 4.98 Å². The summed E-state index contributed by atoms with van der Waals surface area (Å²) >= 11 is 3.58. The highest BCUT2D eigenvalue weighted by Crippen LogP contribution is 2.34. The van der Waals surface area contributed by atoms with Gasteiger partial charge in [-0.25, -0.2) is 4.68 Å². The van der Waals surface area contributed by atoms with Gasteiger partial charge < -0.3 is 0 Å².